The zero-order valence-corrected chi connectivity index (χ0v) is 49.3. The normalized spacial score (nSPS) is 11.7. The lowest BCUT2D eigenvalue weighted by Crippen LogP contribution is -2.06. The van der Waals surface area contributed by atoms with Gasteiger partial charge in [-0.3, -0.25) is 0 Å². The first kappa shape index (κ1) is 52.2. The van der Waals surface area contributed by atoms with Gasteiger partial charge in [0.15, 0.2) is 17.5 Å². The van der Waals surface area contributed by atoms with E-state index in [4.69, 9.17) is 15.0 Å². The second-order valence-corrected chi connectivity index (χ2v) is 23.4. The van der Waals surface area contributed by atoms with Crippen LogP contribution in [0, 0.1) is 22.7 Å². The van der Waals surface area contributed by atoms with Crippen molar-refractivity contribution in [1.82, 2.24) is 33.2 Å². The molecule has 0 aliphatic rings. The van der Waals surface area contributed by atoms with Crippen molar-refractivity contribution in [2.24, 2.45) is 0 Å². The molecule has 0 unspecified atom stereocenters. The van der Waals surface area contributed by atoms with Crippen molar-refractivity contribution >= 4 is 87.2 Å². The Kier molecular flexibility index (Phi) is 11.8. The molecule has 5 heterocycles. The molecule has 426 valence electrons. The van der Waals surface area contributed by atoms with E-state index in [1.54, 1.807) is 0 Å². The largest absolute Gasteiger partial charge is 0.309 e. The molecule has 0 saturated carbocycles. The Balaban J connectivity index is 0.799. The molecule has 5 aromatic heterocycles. The van der Waals surface area contributed by atoms with Crippen molar-refractivity contribution in [3.8, 4) is 91.3 Å². The Labute approximate surface area is 527 Å². The Morgan fingerprint density at radius 1 is 0.228 bits per heavy atom. The van der Waals surface area contributed by atoms with Crippen molar-refractivity contribution in [3.63, 3.8) is 0 Å². The first-order valence-corrected chi connectivity index (χ1v) is 30.7. The number of fused-ring (bicyclic) bond motifs is 12. The van der Waals surface area contributed by atoms with Gasteiger partial charge in [-0.05, 0) is 156 Å². The highest BCUT2D eigenvalue weighted by Crippen LogP contribution is 2.44. The number of benzene rings is 13. The average molecular weight is 1170 g/mol. The van der Waals surface area contributed by atoms with Crippen molar-refractivity contribution in [2.45, 2.75) is 0 Å². The predicted molar refractivity (Wildman–Crippen MR) is 374 cm³/mol. The monoisotopic (exact) mass is 1170 g/mol. The van der Waals surface area contributed by atoms with E-state index < -0.39 is 0 Å². The topological polar surface area (TPSA) is 106 Å². The molecule has 18 rings (SSSR count). The fourth-order valence-corrected chi connectivity index (χ4v) is 14.1. The molecule has 9 nitrogen and oxygen atoms in total. The Morgan fingerprint density at radius 3 is 0.880 bits per heavy atom. The van der Waals surface area contributed by atoms with E-state index in [9.17, 15) is 10.5 Å². The van der Waals surface area contributed by atoms with Crippen LogP contribution in [0.1, 0.15) is 11.1 Å². The van der Waals surface area contributed by atoms with E-state index in [1.807, 2.05) is 66.7 Å². The van der Waals surface area contributed by atoms with Crippen LogP contribution in [0.3, 0.4) is 0 Å². The lowest BCUT2D eigenvalue weighted by molar-refractivity contribution is 1.06. The maximum Gasteiger partial charge on any atom is 0.166 e. The van der Waals surface area contributed by atoms with E-state index in [0.29, 0.717) is 39.7 Å². The Bertz CT molecular complexity index is 5800. The number of nitriles is 2. The quantitative estimate of drug-likeness (QED) is 0.143. The molecule has 0 N–H and O–H groups in total. The third kappa shape index (κ3) is 8.20. The molecule has 92 heavy (non-hydrogen) atoms. The highest BCUT2D eigenvalue weighted by Gasteiger charge is 2.25. The van der Waals surface area contributed by atoms with Crippen LogP contribution in [0.25, 0.3) is 166 Å². The van der Waals surface area contributed by atoms with Crippen LogP contribution in [-0.2, 0) is 0 Å². The van der Waals surface area contributed by atoms with Gasteiger partial charge < -0.3 is 18.3 Å². The molecule has 0 aliphatic carbocycles. The molecule has 0 fully saturated rings. The molecule has 18 aromatic rings. The van der Waals surface area contributed by atoms with Crippen LogP contribution < -0.4 is 0 Å². The summed E-state index contributed by atoms with van der Waals surface area (Å²) in [6, 6.07) is 109. The van der Waals surface area contributed by atoms with Gasteiger partial charge in [-0.1, -0.05) is 164 Å². The molecule has 0 amide bonds. The van der Waals surface area contributed by atoms with Gasteiger partial charge in [-0.2, -0.15) is 10.5 Å². The fourth-order valence-electron chi connectivity index (χ4n) is 14.1. The average Bonchev–Trinajstić information content (AvgIpc) is 1.63. The predicted octanol–water partition coefficient (Wildman–Crippen LogP) is 20.3. The fraction of sp³-hybridized carbons (Fsp3) is 0. The SMILES string of the molecule is N#Cc1ccc(-n2c3ccccc3c3cc(-c4ccc5c(c4)c4ccccc4n5-c4ccccc4)ccc32)c(-c2nc(-c3ccccc3)nc(-c3cc(C#N)ccc3-n3c4ccccc4c4cc(-c5ccc6c(c5)c5ccccc5n6-c5ccccc5)ccc43)n2)c1. The number of aromatic nitrogens is 7. The Hall–Kier alpha value is -13.0. The lowest BCUT2D eigenvalue weighted by Gasteiger charge is -2.17. The summed E-state index contributed by atoms with van der Waals surface area (Å²) in [7, 11) is 0. The highest BCUT2D eigenvalue weighted by molar-refractivity contribution is 6.15. The number of hydrogen-bond donors (Lipinski definition) is 0. The van der Waals surface area contributed by atoms with Crippen LogP contribution in [-0.4, -0.2) is 33.2 Å². The zero-order chi connectivity index (χ0) is 61.0. The van der Waals surface area contributed by atoms with Crippen molar-refractivity contribution in [1.29, 1.82) is 10.5 Å². The Morgan fingerprint density at radius 2 is 0.522 bits per heavy atom. The standard InChI is InChI=1S/C83H49N9/c84-50-52-32-38-79(91-73-30-16-12-26-63(73)67-48-57(36-42-77(67)91)55-34-40-75-65(46-55)61-24-10-14-28-71(61)89(75)59-20-6-2-7-21-59)69(44-52)82-86-81(54-18-4-1-5-19-54)87-83(88-82)70-45-53(51-85)33-39-80(70)92-74-31-17-13-27-64(74)68-49-58(37-43-78(68)92)56-35-41-76-66(47-56)62-25-11-15-29-72(62)90(76)60-22-8-3-9-23-60/h1-49H. The van der Waals surface area contributed by atoms with Crippen molar-refractivity contribution < 1.29 is 0 Å². The highest BCUT2D eigenvalue weighted by atomic mass is 15.1. The first-order chi connectivity index (χ1) is 45.5. The summed E-state index contributed by atoms with van der Waals surface area (Å²) in [5.41, 5.74) is 19.8. The van der Waals surface area contributed by atoms with Crippen LogP contribution >= 0.6 is 0 Å². The second kappa shape index (κ2) is 20.9. The third-order valence-electron chi connectivity index (χ3n) is 18.3. The molecule has 0 aliphatic heterocycles. The number of rotatable bonds is 9. The van der Waals surface area contributed by atoms with Crippen LogP contribution in [0.5, 0.6) is 0 Å². The smallest absolute Gasteiger partial charge is 0.166 e. The summed E-state index contributed by atoms with van der Waals surface area (Å²) in [5, 5.41) is 30.4. The molecule has 0 spiro atoms. The van der Waals surface area contributed by atoms with E-state index in [2.05, 4.69) is 261 Å². The molecule has 9 heteroatoms. The summed E-state index contributed by atoms with van der Waals surface area (Å²) >= 11 is 0. The van der Waals surface area contributed by atoms with Crippen molar-refractivity contribution in [2.75, 3.05) is 0 Å². The van der Waals surface area contributed by atoms with Gasteiger partial charge in [-0.15, -0.1) is 0 Å². The summed E-state index contributed by atoms with van der Waals surface area (Å²) in [6.45, 7) is 0. The van der Waals surface area contributed by atoms with E-state index in [-0.39, 0.29) is 0 Å². The third-order valence-corrected chi connectivity index (χ3v) is 18.3. The minimum Gasteiger partial charge on any atom is -0.309 e. The maximum absolute atomic E-state index is 10.7. The van der Waals surface area contributed by atoms with Gasteiger partial charge in [-0.25, -0.2) is 15.0 Å². The number of para-hydroxylation sites is 6. The lowest BCUT2D eigenvalue weighted by atomic mass is 10.0. The summed E-state index contributed by atoms with van der Waals surface area (Å²) in [6.07, 6.45) is 0. The molecule has 0 saturated heterocycles. The summed E-state index contributed by atoms with van der Waals surface area (Å²) < 4.78 is 9.22. The summed E-state index contributed by atoms with van der Waals surface area (Å²) in [4.78, 5) is 16.1. The second-order valence-electron chi connectivity index (χ2n) is 23.4. The minimum atomic E-state index is 0.371. The van der Waals surface area contributed by atoms with Gasteiger partial charge >= 0.3 is 0 Å². The summed E-state index contributed by atoms with van der Waals surface area (Å²) in [5.74, 6) is 1.18. The van der Waals surface area contributed by atoms with Crippen LogP contribution in [0.15, 0.2) is 297 Å². The van der Waals surface area contributed by atoms with E-state index in [1.165, 1.54) is 21.5 Å². The van der Waals surface area contributed by atoms with Gasteiger partial charge in [0.25, 0.3) is 0 Å². The molecule has 0 atom stereocenters. The number of hydrogen-bond acceptors (Lipinski definition) is 5. The number of nitrogens with zero attached hydrogens (tertiary/aromatic N) is 9. The van der Waals surface area contributed by atoms with Crippen LogP contribution in [0.2, 0.25) is 0 Å². The van der Waals surface area contributed by atoms with Crippen LogP contribution in [0.4, 0.5) is 0 Å². The molecule has 13 aromatic carbocycles. The molecule has 0 radical (unpaired) electrons. The first-order valence-electron chi connectivity index (χ1n) is 30.7. The van der Waals surface area contributed by atoms with E-state index in [0.717, 1.165) is 116 Å². The maximum atomic E-state index is 10.7. The van der Waals surface area contributed by atoms with Crippen molar-refractivity contribution in [3.05, 3.63) is 308 Å². The van der Waals surface area contributed by atoms with Gasteiger partial charge in [0, 0.05) is 71.2 Å². The van der Waals surface area contributed by atoms with Gasteiger partial charge in [0.1, 0.15) is 0 Å². The van der Waals surface area contributed by atoms with E-state index >= 15 is 0 Å². The van der Waals surface area contributed by atoms with Gasteiger partial charge in [0.05, 0.1) is 78.8 Å². The molecular formula is C83H49N9. The molecule has 0 bridgehead atoms. The zero-order valence-electron chi connectivity index (χ0n) is 49.3. The van der Waals surface area contributed by atoms with Gasteiger partial charge in [0.2, 0.25) is 0 Å². The minimum absolute atomic E-state index is 0.371. The molecular weight excluding hydrogens is 1120 g/mol.